The summed E-state index contributed by atoms with van der Waals surface area (Å²) in [4.78, 5) is 17.1. The number of nitrogens with zero attached hydrogens (tertiary/aromatic N) is 3. The van der Waals surface area contributed by atoms with Crippen LogP contribution in [0.15, 0.2) is 23.4 Å². The summed E-state index contributed by atoms with van der Waals surface area (Å²) in [7, 11) is -3.26. The van der Waals surface area contributed by atoms with Crippen LogP contribution < -0.4 is 5.32 Å². The number of carbonyl (C=O) groups excluding carboxylic acids is 1. The van der Waals surface area contributed by atoms with Crippen LogP contribution in [0, 0.1) is 16.1 Å². The second kappa shape index (κ2) is 7.45. The molecule has 4 fully saturated rings. The van der Waals surface area contributed by atoms with Crippen molar-refractivity contribution in [3.63, 3.8) is 0 Å². The van der Waals surface area contributed by atoms with E-state index in [4.69, 9.17) is 4.78 Å². The topological polar surface area (TPSA) is 101 Å². The molecule has 7 nitrogen and oxygen atoms in total. The highest BCUT2D eigenvalue weighted by Gasteiger charge is 2.81. The number of rotatable bonds is 7. The highest BCUT2D eigenvalue weighted by molar-refractivity contribution is 7.91. The molecule has 0 radical (unpaired) electrons. The third-order valence-corrected chi connectivity index (χ3v) is 8.53. The molecule has 1 amide bonds. The molecule has 2 bridgehead atoms. The molecule has 1 atom stereocenters. The van der Waals surface area contributed by atoms with E-state index >= 15 is 0 Å². The molecule has 2 aromatic heterocycles. The number of halogens is 6. The van der Waals surface area contributed by atoms with Crippen LogP contribution in [0.1, 0.15) is 60.8 Å². The van der Waals surface area contributed by atoms with Crippen molar-refractivity contribution in [3.05, 3.63) is 35.3 Å². The summed E-state index contributed by atoms with van der Waals surface area (Å²) < 4.78 is 106. The fraction of sp³-hybridized carbons (Fsp3) is 0.591. The highest BCUT2D eigenvalue weighted by Crippen LogP contribution is 2.74. The Morgan fingerprint density at radius 3 is 2.39 bits per heavy atom. The Morgan fingerprint density at radius 2 is 1.92 bits per heavy atom. The van der Waals surface area contributed by atoms with Gasteiger partial charge in [-0.1, -0.05) is 6.92 Å². The Labute approximate surface area is 202 Å². The molecule has 2 N–H and O–H groups in total. The summed E-state index contributed by atoms with van der Waals surface area (Å²) in [5.74, 6) is -8.24. The van der Waals surface area contributed by atoms with E-state index in [-0.39, 0.29) is 30.1 Å². The van der Waals surface area contributed by atoms with Crippen LogP contribution in [0.3, 0.4) is 0 Å². The number of carbonyl (C=O) groups is 1. The minimum atomic E-state index is -3.33. The first-order valence-corrected chi connectivity index (χ1v) is 13.1. The molecule has 2 heterocycles. The summed E-state index contributed by atoms with van der Waals surface area (Å²) in [6, 6.07) is 2.42. The quantitative estimate of drug-likeness (QED) is 0.474. The highest BCUT2D eigenvalue weighted by atomic mass is 32.2. The molecule has 0 aromatic carbocycles. The van der Waals surface area contributed by atoms with Crippen molar-refractivity contribution in [1.82, 2.24) is 14.8 Å². The molecular formula is C22H23F6N5O2S. The molecule has 1 unspecified atom stereocenters. The summed E-state index contributed by atoms with van der Waals surface area (Å²) in [5.41, 5.74) is -5.18. The maximum absolute atomic E-state index is 14.6. The monoisotopic (exact) mass is 535 g/mol. The molecular weight excluding hydrogens is 512 g/mol. The molecule has 14 heteroatoms. The van der Waals surface area contributed by atoms with E-state index < -0.39 is 80.4 Å². The molecule has 36 heavy (non-hydrogen) atoms. The summed E-state index contributed by atoms with van der Waals surface area (Å²) in [6.45, 7) is 1.15. The van der Waals surface area contributed by atoms with Crippen LogP contribution in [-0.2, 0) is 21.7 Å². The molecule has 0 aliphatic heterocycles. The number of hydrogen-bond donors (Lipinski definition) is 2. The van der Waals surface area contributed by atoms with E-state index in [1.165, 1.54) is 19.2 Å². The smallest absolute Gasteiger partial charge is 0.274 e. The maximum Gasteiger partial charge on any atom is 0.274 e. The van der Waals surface area contributed by atoms with Gasteiger partial charge in [-0.2, -0.15) is 5.10 Å². The van der Waals surface area contributed by atoms with Gasteiger partial charge in [-0.15, -0.1) is 0 Å². The van der Waals surface area contributed by atoms with E-state index in [1.807, 2.05) is 0 Å². The molecule has 0 spiro atoms. The van der Waals surface area contributed by atoms with Gasteiger partial charge in [0.1, 0.15) is 10.7 Å². The van der Waals surface area contributed by atoms with Crippen molar-refractivity contribution < 1.29 is 35.3 Å². The zero-order valence-corrected chi connectivity index (χ0v) is 20.1. The zero-order valence-electron chi connectivity index (χ0n) is 19.3. The SMILES string of the molecule is CC1(Cn2nc(C34CC(C3)C4(F)F)c(C(F)F)c2C(=O)Nc2ccnc(S(C)(=N)=O)c2)CC(F)(F)C1. The van der Waals surface area contributed by atoms with Crippen LogP contribution in [0.2, 0.25) is 0 Å². The maximum atomic E-state index is 14.6. The number of hydrogen-bond acceptors (Lipinski definition) is 5. The van der Waals surface area contributed by atoms with Crippen LogP contribution in [0.5, 0.6) is 0 Å². The minimum absolute atomic E-state index is 0.0152. The van der Waals surface area contributed by atoms with Gasteiger partial charge in [0, 0.05) is 43.4 Å². The molecule has 196 valence electrons. The van der Waals surface area contributed by atoms with Crippen LogP contribution >= 0.6 is 0 Å². The third kappa shape index (κ3) is 3.62. The zero-order chi connectivity index (χ0) is 26.5. The number of anilines is 1. The summed E-state index contributed by atoms with van der Waals surface area (Å²) in [6.07, 6.45) is -2.28. The van der Waals surface area contributed by atoms with Gasteiger partial charge in [-0.05, 0) is 30.4 Å². The third-order valence-electron chi connectivity index (χ3n) is 7.51. The van der Waals surface area contributed by atoms with Gasteiger partial charge >= 0.3 is 0 Å². The van der Waals surface area contributed by atoms with E-state index in [2.05, 4.69) is 15.4 Å². The number of pyridine rings is 1. The average Bonchev–Trinajstić information content (AvgIpc) is 3.03. The predicted molar refractivity (Wildman–Crippen MR) is 116 cm³/mol. The van der Waals surface area contributed by atoms with Crippen molar-refractivity contribution in [3.8, 4) is 0 Å². The van der Waals surface area contributed by atoms with Gasteiger partial charge in [-0.25, -0.2) is 40.3 Å². The lowest BCUT2D eigenvalue weighted by Crippen LogP contribution is -2.74. The van der Waals surface area contributed by atoms with Gasteiger partial charge < -0.3 is 5.32 Å². The Bertz CT molecular complexity index is 1360. The number of amides is 1. The van der Waals surface area contributed by atoms with E-state index in [0.717, 1.165) is 17.0 Å². The first-order chi connectivity index (χ1) is 16.5. The fourth-order valence-electron chi connectivity index (χ4n) is 5.74. The Balaban J connectivity index is 1.57. The first-order valence-electron chi connectivity index (χ1n) is 11.1. The molecule has 4 aliphatic carbocycles. The van der Waals surface area contributed by atoms with Gasteiger partial charge in [0.05, 0.1) is 26.4 Å². The van der Waals surface area contributed by atoms with Gasteiger partial charge in [-0.3, -0.25) is 9.48 Å². The van der Waals surface area contributed by atoms with Crippen LogP contribution in [-0.4, -0.2) is 43.0 Å². The fourth-order valence-corrected chi connectivity index (χ4v) is 6.35. The second-order valence-electron chi connectivity index (χ2n) is 10.6. The van der Waals surface area contributed by atoms with E-state index in [1.54, 1.807) is 0 Å². The predicted octanol–water partition coefficient (Wildman–Crippen LogP) is 5.24. The van der Waals surface area contributed by atoms with Gasteiger partial charge in [0.15, 0.2) is 0 Å². The largest absolute Gasteiger partial charge is 0.321 e. The lowest BCUT2D eigenvalue weighted by molar-refractivity contribution is -0.304. The molecule has 2 aromatic rings. The Kier molecular flexibility index (Phi) is 5.18. The molecule has 4 saturated carbocycles. The van der Waals surface area contributed by atoms with Crippen molar-refractivity contribution in [1.29, 1.82) is 4.78 Å². The standard InChI is InChI=1S/C22H23F6N5O2S/c1-19(8-21(25,26)9-19)10-33-15(18(34)31-12-3-4-30-13(5-12)36(2,29)35)14(17(23)24)16(32-33)20-6-11(7-20)22(20,27)28/h3-5,11,17,29H,6-10H2,1-2H3,(H,30,31,34). The normalized spacial score (nSPS) is 28.4. The Hall–Kier alpha value is -2.64. The van der Waals surface area contributed by atoms with Crippen LogP contribution in [0.4, 0.5) is 32.0 Å². The lowest BCUT2D eigenvalue weighted by atomic mass is 9.40. The van der Waals surface area contributed by atoms with E-state index in [0.29, 0.717) is 0 Å². The van der Waals surface area contributed by atoms with Gasteiger partial charge in [0.25, 0.3) is 18.3 Å². The van der Waals surface area contributed by atoms with E-state index in [9.17, 15) is 35.3 Å². The van der Waals surface area contributed by atoms with Crippen molar-refractivity contribution in [2.75, 3.05) is 11.6 Å². The number of alkyl halides is 6. The lowest BCUT2D eigenvalue weighted by Gasteiger charge is -2.66. The molecule has 0 saturated heterocycles. The molecule has 6 rings (SSSR count). The Morgan fingerprint density at radius 1 is 1.28 bits per heavy atom. The number of nitrogens with one attached hydrogen (secondary N) is 2. The first kappa shape index (κ1) is 25.0. The van der Waals surface area contributed by atoms with Crippen LogP contribution in [0.25, 0.3) is 0 Å². The van der Waals surface area contributed by atoms with Crippen molar-refractivity contribution in [2.45, 2.75) is 67.9 Å². The van der Waals surface area contributed by atoms with Crippen molar-refractivity contribution >= 4 is 21.3 Å². The summed E-state index contributed by atoms with van der Waals surface area (Å²) in [5, 5.41) is 6.25. The average molecular weight is 536 g/mol. The van der Waals surface area contributed by atoms with Crippen molar-refractivity contribution in [2.24, 2.45) is 11.3 Å². The second-order valence-corrected chi connectivity index (χ2v) is 12.7. The minimum Gasteiger partial charge on any atom is -0.321 e. The molecule has 4 aliphatic rings. The number of aromatic nitrogens is 3. The summed E-state index contributed by atoms with van der Waals surface area (Å²) >= 11 is 0. The van der Waals surface area contributed by atoms with Gasteiger partial charge in [0.2, 0.25) is 5.92 Å².